The molecule has 0 aliphatic heterocycles. The van der Waals surface area contributed by atoms with E-state index >= 15 is 0 Å². The summed E-state index contributed by atoms with van der Waals surface area (Å²) in [7, 11) is 0. The fourth-order valence-electron chi connectivity index (χ4n) is 2.06. The Bertz CT molecular complexity index is 624. The minimum absolute atomic E-state index is 0.151. The zero-order valence-corrected chi connectivity index (χ0v) is 14.4. The van der Waals surface area contributed by atoms with Gasteiger partial charge in [-0.2, -0.15) is 8.78 Å². The third-order valence-corrected chi connectivity index (χ3v) is 3.24. The van der Waals surface area contributed by atoms with E-state index in [1.54, 1.807) is 20.8 Å². The highest BCUT2D eigenvalue weighted by Gasteiger charge is 2.42. The summed E-state index contributed by atoms with van der Waals surface area (Å²) in [4.78, 5) is 23.1. The largest absolute Gasteiger partial charge is 0.444 e. The summed E-state index contributed by atoms with van der Waals surface area (Å²) in [6.45, 7) is 7.71. The van der Waals surface area contributed by atoms with E-state index in [1.165, 1.54) is 26.0 Å². The van der Waals surface area contributed by atoms with E-state index in [0.717, 1.165) is 6.07 Å². The molecule has 1 atom stereocenters. The van der Waals surface area contributed by atoms with Crippen molar-refractivity contribution >= 4 is 11.9 Å². The van der Waals surface area contributed by atoms with Crippen molar-refractivity contribution in [1.82, 2.24) is 5.32 Å². The van der Waals surface area contributed by atoms with Gasteiger partial charge in [0.1, 0.15) is 11.4 Å². The van der Waals surface area contributed by atoms with Crippen molar-refractivity contribution in [2.24, 2.45) is 0 Å². The van der Waals surface area contributed by atoms with Gasteiger partial charge in [0.2, 0.25) is 5.78 Å². The molecule has 1 aromatic carbocycles. The van der Waals surface area contributed by atoms with Crippen LogP contribution in [-0.2, 0) is 15.5 Å². The van der Waals surface area contributed by atoms with Crippen LogP contribution in [-0.4, -0.2) is 17.5 Å². The van der Waals surface area contributed by atoms with Gasteiger partial charge in [0, 0.05) is 12.0 Å². The molecule has 1 rings (SSSR count). The first-order chi connectivity index (χ1) is 10.9. The minimum Gasteiger partial charge on any atom is -0.444 e. The fourth-order valence-corrected chi connectivity index (χ4v) is 2.06. The number of alkyl halides is 2. The molecule has 0 aliphatic rings. The lowest BCUT2D eigenvalue weighted by molar-refractivity contribution is -0.144. The predicted molar refractivity (Wildman–Crippen MR) is 83.4 cm³/mol. The number of hydrogen-bond donors (Lipinski definition) is 1. The molecule has 0 fully saturated rings. The number of alkyl carbamates (subject to hydrolysis) is 1. The molecular weight excluding hydrogens is 323 g/mol. The van der Waals surface area contributed by atoms with Crippen molar-refractivity contribution in [1.29, 1.82) is 0 Å². The Morgan fingerprint density at radius 1 is 1.25 bits per heavy atom. The smallest absolute Gasteiger partial charge is 0.408 e. The Hall–Kier alpha value is -2.05. The zero-order valence-electron chi connectivity index (χ0n) is 14.4. The highest BCUT2D eigenvalue weighted by molar-refractivity contribution is 5.86. The van der Waals surface area contributed by atoms with Crippen LogP contribution in [0.25, 0.3) is 0 Å². The highest BCUT2D eigenvalue weighted by Crippen LogP contribution is 2.34. The Kier molecular flexibility index (Phi) is 6.03. The Morgan fingerprint density at radius 3 is 2.33 bits per heavy atom. The average Bonchev–Trinajstić information content (AvgIpc) is 2.43. The summed E-state index contributed by atoms with van der Waals surface area (Å²) >= 11 is 0. The van der Waals surface area contributed by atoms with Crippen molar-refractivity contribution < 1.29 is 27.5 Å². The van der Waals surface area contributed by atoms with Crippen molar-refractivity contribution in [3.8, 4) is 0 Å². The second kappa shape index (κ2) is 7.23. The monoisotopic (exact) mass is 345 g/mol. The van der Waals surface area contributed by atoms with Gasteiger partial charge in [-0.15, -0.1) is 0 Å². The SMILES string of the molecule is CCC(=O)C(F)(F)c1cccc([C@@H](C)NC(=O)OC(C)(C)C)c1F. The van der Waals surface area contributed by atoms with E-state index in [1.807, 2.05) is 0 Å². The van der Waals surface area contributed by atoms with Gasteiger partial charge in [0.15, 0.2) is 0 Å². The van der Waals surface area contributed by atoms with Crippen LogP contribution in [0.4, 0.5) is 18.0 Å². The van der Waals surface area contributed by atoms with Crippen molar-refractivity contribution in [2.45, 2.75) is 58.6 Å². The molecule has 0 heterocycles. The maximum atomic E-state index is 14.5. The highest BCUT2D eigenvalue weighted by atomic mass is 19.3. The van der Waals surface area contributed by atoms with Gasteiger partial charge in [0.25, 0.3) is 0 Å². The summed E-state index contributed by atoms with van der Waals surface area (Å²) in [6.07, 6.45) is -1.21. The second-order valence-electron chi connectivity index (χ2n) is 6.43. The number of nitrogens with one attached hydrogen (secondary N) is 1. The molecule has 0 unspecified atom stereocenters. The minimum atomic E-state index is -3.92. The zero-order chi connectivity index (χ0) is 18.7. The number of hydrogen-bond acceptors (Lipinski definition) is 3. The molecule has 0 saturated carbocycles. The van der Waals surface area contributed by atoms with Crippen LogP contribution < -0.4 is 5.32 Å². The molecule has 134 valence electrons. The molecule has 1 aromatic rings. The number of carbonyl (C=O) groups excluding carboxylic acids is 2. The number of carbonyl (C=O) groups is 2. The van der Waals surface area contributed by atoms with Crippen molar-refractivity contribution in [3.05, 3.63) is 35.1 Å². The molecule has 0 aromatic heterocycles. The van der Waals surface area contributed by atoms with Gasteiger partial charge in [-0.3, -0.25) is 4.79 Å². The summed E-state index contributed by atoms with van der Waals surface area (Å²) in [5.41, 5.74) is -1.89. The standard InChI is InChI=1S/C17H22F3NO3/c1-6-13(22)17(19,20)12-9-7-8-11(14(12)18)10(2)21-15(23)24-16(3,4)5/h7-10H,6H2,1-5H3,(H,21,23)/t10-/m1/s1. The quantitative estimate of drug-likeness (QED) is 0.856. The Balaban J connectivity index is 3.08. The average molecular weight is 345 g/mol. The van der Waals surface area contributed by atoms with Crippen LogP contribution in [0.1, 0.15) is 58.2 Å². The molecule has 0 saturated heterocycles. The van der Waals surface area contributed by atoms with Gasteiger partial charge >= 0.3 is 12.0 Å². The first kappa shape index (κ1) is 20.0. The maximum Gasteiger partial charge on any atom is 0.408 e. The molecule has 7 heteroatoms. The number of Topliss-reactive ketones (excluding diaryl/α,β-unsaturated/α-hetero) is 1. The van der Waals surface area contributed by atoms with Gasteiger partial charge in [-0.25, -0.2) is 9.18 Å². The fraction of sp³-hybridized carbons (Fsp3) is 0.529. The third-order valence-electron chi connectivity index (χ3n) is 3.24. The molecule has 0 aliphatic carbocycles. The molecule has 0 spiro atoms. The van der Waals surface area contributed by atoms with E-state index in [9.17, 15) is 22.8 Å². The molecule has 4 nitrogen and oxygen atoms in total. The first-order valence-corrected chi connectivity index (χ1v) is 7.59. The molecule has 1 N–H and O–H groups in total. The lowest BCUT2D eigenvalue weighted by Crippen LogP contribution is -2.34. The van der Waals surface area contributed by atoms with E-state index < -0.39 is 47.2 Å². The molecule has 24 heavy (non-hydrogen) atoms. The van der Waals surface area contributed by atoms with Crippen LogP contribution >= 0.6 is 0 Å². The van der Waals surface area contributed by atoms with Crippen LogP contribution in [0.5, 0.6) is 0 Å². The van der Waals surface area contributed by atoms with Gasteiger partial charge in [-0.05, 0) is 33.8 Å². The van der Waals surface area contributed by atoms with Crippen LogP contribution in [0.3, 0.4) is 0 Å². The predicted octanol–water partition coefficient (Wildman–Crippen LogP) is 4.48. The number of benzene rings is 1. The summed E-state index contributed by atoms with van der Waals surface area (Å²) < 4.78 is 47.6. The van der Waals surface area contributed by atoms with Gasteiger partial charge in [0.05, 0.1) is 11.6 Å². The lowest BCUT2D eigenvalue weighted by Gasteiger charge is -2.23. The summed E-state index contributed by atoms with van der Waals surface area (Å²) in [5.74, 6) is -6.50. The van der Waals surface area contributed by atoms with Crippen molar-refractivity contribution in [3.63, 3.8) is 0 Å². The van der Waals surface area contributed by atoms with Crippen LogP contribution in [0.15, 0.2) is 18.2 Å². The normalized spacial score (nSPS) is 13.3. The summed E-state index contributed by atoms with van der Waals surface area (Å²) in [5, 5.41) is 2.38. The van der Waals surface area contributed by atoms with E-state index in [4.69, 9.17) is 4.74 Å². The van der Waals surface area contributed by atoms with Crippen LogP contribution in [0, 0.1) is 5.82 Å². The van der Waals surface area contributed by atoms with E-state index in [0.29, 0.717) is 0 Å². The van der Waals surface area contributed by atoms with Gasteiger partial charge in [-0.1, -0.05) is 19.1 Å². The number of rotatable bonds is 5. The third kappa shape index (κ3) is 4.72. The Morgan fingerprint density at radius 2 is 1.83 bits per heavy atom. The van der Waals surface area contributed by atoms with Gasteiger partial charge < -0.3 is 10.1 Å². The molecule has 0 radical (unpaired) electrons. The molecule has 0 bridgehead atoms. The molecular formula is C17H22F3NO3. The lowest BCUT2D eigenvalue weighted by atomic mass is 9.97. The topological polar surface area (TPSA) is 55.4 Å². The van der Waals surface area contributed by atoms with E-state index in [2.05, 4.69) is 5.32 Å². The number of amides is 1. The number of halogens is 3. The summed E-state index contributed by atoms with van der Waals surface area (Å²) in [6, 6.07) is 2.45. The number of ether oxygens (including phenoxy) is 1. The Labute approximate surface area is 139 Å². The van der Waals surface area contributed by atoms with Crippen molar-refractivity contribution in [2.75, 3.05) is 0 Å². The molecule has 1 amide bonds. The second-order valence-corrected chi connectivity index (χ2v) is 6.43. The number of ketones is 1. The van der Waals surface area contributed by atoms with Crippen LogP contribution in [0.2, 0.25) is 0 Å². The maximum absolute atomic E-state index is 14.5. The first-order valence-electron chi connectivity index (χ1n) is 7.59. The van der Waals surface area contributed by atoms with E-state index in [-0.39, 0.29) is 5.56 Å².